The second-order valence-corrected chi connectivity index (χ2v) is 6.38. The third-order valence-corrected chi connectivity index (χ3v) is 4.66. The fourth-order valence-corrected chi connectivity index (χ4v) is 3.48. The number of hydrogen-bond donors (Lipinski definition) is 1. The second-order valence-electron chi connectivity index (χ2n) is 6.38. The molecule has 2 saturated heterocycles. The summed E-state index contributed by atoms with van der Waals surface area (Å²) in [5, 5.41) is 8.79. The molecule has 0 radical (unpaired) electrons. The molecule has 2 rings (SSSR count). The largest absolute Gasteiger partial charge is 0.480 e. The van der Waals surface area contributed by atoms with Gasteiger partial charge in [-0.25, -0.2) is 0 Å². The zero-order valence-electron chi connectivity index (χ0n) is 13.1. The second kappa shape index (κ2) is 7.22. The number of aliphatic carboxylic acids is 1. The molecule has 0 spiro atoms. The maximum Gasteiger partial charge on any atom is 0.317 e. The summed E-state index contributed by atoms with van der Waals surface area (Å²) in [7, 11) is 0. The molecule has 6 heteroatoms. The summed E-state index contributed by atoms with van der Waals surface area (Å²) in [5.41, 5.74) is 0. The summed E-state index contributed by atoms with van der Waals surface area (Å²) >= 11 is 0. The summed E-state index contributed by atoms with van der Waals surface area (Å²) in [6, 6.07) is 0.684. The molecule has 120 valence electrons. The fraction of sp³-hybridized carbons (Fsp3) is 0.867. The number of piperazine rings is 1. The monoisotopic (exact) mass is 297 g/mol. The van der Waals surface area contributed by atoms with Crippen molar-refractivity contribution in [2.24, 2.45) is 0 Å². The summed E-state index contributed by atoms with van der Waals surface area (Å²) in [4.78, 5) is 29.3. The predicted octanol–water partition coefficient (Wildman–Crippen LogP) is 0.478. The Bertz CT molecular complexity index is 370. The summed E-state index contributed by atoms with van der Waals surface area (Å²) in [6.45, 7) is 7.84. The highest BCUT2D eigenvalue weighted by Crippen LogP contribution is 2.22. The maximum atomic E-state index is 12.5. The van der Waals surface area contributed by atoms with Gasteiger partial charge in [-0.1, -0.05) is 0 Å². The van der Waals surface area contributed by atoms with Crippen molar-refractivity contribution in [1.82, 2.24) is 14.7 Å². The normalized spacial score (nSPS) is 28.6. The van der Waals surface area contributed by atoms with Gasteiger partial charge in [0.05, 0.1) is 13.1 Å². The fourth-order valence-electron chi connectivity index (χ4n) is 3.48. The molecule has 0 aromatic heterocycles. The van der Waals surface area contributed by atoms with Crippen molar-refractivity contribution in [3.8, 4) is 0 Å². The van der Waals surface area contributed by atoms with E-state index in [4.69, 9.17) is 5.11 Å². The highest BCUT2D eigenvalue weighted by Gasteiger charge is 2.30. The Morgan fingerprint density at radius 2 is 1.43 bits per heavy atom. The molecule has 0 aromatic carbocycles. The first kappa shape index (κ1) is 16.2. The van der Waals surface area contributed by atoms with Crippen LogP contribution >= 0.6 is 0 Å². The summed E-state index contributed by atoms with van der Waals surface area (Å²) < 4.78 is 0. The van der Waals surface area contributed by atoms with Crippen molar-refractivity contribution in [2.45, 2.75) is 45.2 Å². The highest BCUT2D eigenvalue weighted by atomic mass is 16.4. The molecule has 2 atom stereocenters. The molecule has 1 N–H and O–H groups in total. The summed E-state index contributed by atoms with van der Waals surface area (Å²) in [6.07, 6.45) is 3.41. The van der Waals surface area contributed by atoms with Gasteiger partial charge in [-0.2, -0.15) is 0 Å². The van der Waals surface area contributed by atoms with Crippen molar-refractivity contribution in [3.05, 3.63) is 0 Å². The van der Waals surface area contributed by atoms with Crippen LogP contribution in [0.4, 0.5) is 0 Å². The number of likely N-dealkylation sites (tertiary alicyclic amines) is 1. The minimum atomic E-state index is -0.782. The van der Waals surface area contributed by atoms with Crippen LogP contribution in [0.3, 0.4) is 0 Å². The van der Waals surface area contributed by atoms with Crippen molar-refractivity contribution >= 4 is 11.9 Å². The van der Waals surface area contributed by atoms with E-state index in [1.807, 2.05) is 9.80 Å². The van der Waals surface area contributed by atoms with Gasteiger partial charge in [-0.15, -0.1) is 0 Å². The number of hydrogen-bond acceptors (Lipinski definition) is 4. The molecule has 0 aliphatic carbocycles. The number of carbonyl (C=O) groups is 2. The lowest BCUT2D eigenvalue weighted by atomic mass is 9.97. The van der Waals surface area contributed by atoms with Gasteiger partial charge in [-0.05, 0) is 33.1 Å². The molecule has 6 nitrogen and oxygen atoms in total. The van der Waals surface area contributed by atoms with Gasteiger partial charge in [0, 0.05) is 38.3 Å². The van der Waals surface area contributed by atoms with Crippen LogP contribution in [-0.2, 0) is 9.59 Å². The van der Waals surface area contributed by atoms with Crippen LogP contribution in [0.15, 0.2) is 0 Å². The van der Waals surface area contributed by atoms with E-state index < -0.39 is 5.97 Å². The number of carboxylic acids is 1. The molecule has 2 aliphatic rings. The van der Waals surface area contributed by atoms with Gasteiger partial charge < -0.3 is 10.0 Å². The molecule has 0 saturated carbocycles. The molecule has 2 fully saturated rings. The summed E-state index contributed by atoms with van der Waals surface area (Å²) in [5.74, 6) is -0.558. The standard InChI is InChI=1S/C15H27N3O3/c1-12-4-3-5-13(2)18(12)14(19)10-16-6-8-17(9-7-16)11-15(20)21/h12-13H,3-11H2,1-2H3,(H,20,21). The molecular weight excluding hydrogens is 270 g/mol. The molecule has 0 aromatic rings. The van der Waals surface area contributed by atoms with Gasteiger partial charge in [0.25, 0.3) is 0 Å². The van der Waals surface area contributed by atoms with E-state index in [9.17, 15) is 9.59 Å². The molecule has 1 amide bonds. The Hall–Kier alpha value is -1.14. The third-order valence-electron chi connectivity index (χ3n) is 4.66. The third kappa shape index (κ3) is 4.41. The van der Waals surface area contributed by atoms with Crippen LogP contribution in [0.5, 0.6) is 0 Å². The van der Waals surface area contributed by atoms with Crippen molar-refractivity contribution in [3.63, 3.8) is 0 Å². The zero-order chi connectivity index (χ0) is 15.4. The minimum absolute atomic E-state index is 0.0992. The number of carbonyl (C=O) groups excluding carboxylic acids is 1. The van der Waals surface area contributed by atoms with E-state index in [-0.39, 0.29) is 12.5 Å². The Balaban J connectivity index is 1.80. The zero-order valence-corrected chi connectivity index (χ0v) is 13.1. The van der Waals surface area contributed by atoms with E-state index in [0.717, 1.165) is 39.0 Å². The van der Waals surface area contributed by atoms with E-state index in [1.54, 1.807) is 0 Å². The number of rotatable bonds is 4. The van der Waals surface area contributed by atoms with Crippen molar-refractivity contribution < 1.29 is 14.7 Å². The van der Waals surface area contributed by atoms with Crippen molar-refractivity contribution in [2.75, 3.05) is 39.3 Å². The van der Waals surface area contributed by atoms with Crippen LogP contribution in [0.2, 0.25) is 0 Å². The van der Waals surface area contributed by atoms with Crippen LogP contribution in [-0.4, -0.2) is 83.0 Å². The Morgan fingerprint density at radius 1 is 0.952 bits per heavy atom. The predicted molar refractivity (Wildman–Crippen MR) is 80.1 cm³/mol. The molecule has 2 aliphatic heterocycles. The van der Waals surface area contributed by atoms with Crippen molar-refractivity contribution in [1.29, 1.82) is 0 Å². The number of carboxylic acid groups (broad SMARTS) is 1. The van der Waals surface area contributed by atoms with E-state index in [2.05, 4.69) is 18.7 Å². The van der Waals surface area contributed by atoms with Gasteiger partial charge >= 0.3 is 5.97 Å². The Morgan fingerprint density at radius 3 is 1.90 bits per heavy atom. The number of piperidine rings is 1. The van der Waals surface area contributed by atoms with Gasteiger partial charge in [-0.3, -0.25) is 19.4 Å². The first-order chi connectivity index (χ1) is 9.97. The molecule has 21 heavy (non-hydrogen) atoms. The van der Waals surface area contributed by atoms with Crippen LogP contribution < -0.4 is 0 Å². The van der Waals surface area contributed by atoms with Gasteiger partial charge in [0.15, 0.2) is 0 Å². The van der Waals surface area contributed by atoms with E-state index in [0.29, 0.717) is 18.6 Å². The number of amides is 1. The highest BCUT2D eigenvalue weighted by molar-refractivity contribution is 5.79. The SMILES string of the molecule is CC1CCCC(C)N1C(=O)CN1CCN(CC(=O)O)CC1. The Kier molecular flexibility index (Phi) is 5.58. The average Bonchev–Trinajstić information content (AvgIpc) is 2.40. The van der Waals surface area contributed by atoms with Gasteiger partial charge in [0.1, 0.15) is 0 Å². The lowest BCUT2D eigenvalue weighted by Gasteiger charge is -2.41. The smallest absolute Gasteiger partial charge is 0.317 e. The molecular formula is C15H27N3O3. The Labute approximate surface area is 126 Å². The van der Waals surface area contributed by atoms with Crippen LogP contribution in [0.1, 0.15) is 33.1 Å². The lowest BCUT2D eigenvalue weighted by Crippen LogP contribution is -2.54. The first-order valence-corrected chi connectivity index (χ1v) is 7.95. The molecule has 2 heterocycles. The van der Waals surface area contributed by atoms with E-state index in [1.165, 1.54) is 6.42 Å². The quantitative estimate of drug-likeness (QED) is 0.817. The topological polar surface area (TPSA) is 64.1 Å². The lowest BCUT2D eigenvalue weighted by molar-refractivity contribution is -0.141. The molecule has 0 bridgehead atoms. The maximum absolute atomic E-state index is 12.5. The van der Waals surface area contributed by atoms with Gasteiger partial charge in [0.2, 0.25) is 5.91 Å². The van der Waals surface area contributed by atoms with Crippen LogP contribution in [0, 0.1) is 0 Å². The van der Waals surface area contributed by atoms with Crippen LogP contribution in [0.25, 0.3) is 0 Å². The van der Waals surface area contributed by atoms with E-state index >= 15 is 0 Å². The average molecular weight is 297 g/mol. The first-order valence-electron chi connectivity index (χ1n) is 7.95. The molecule has 2 unspecified atom stereocenters. The minimum Gasteiger partial charge on any atom is -0.480 e. The number of nitrogens with zero attached hydrogens (tertiary/aromatic N) is 3.